The Kier molecular flexibility index (Phi) is 4.07. The maximum absolute atomic E-state index is 12.6. The molecule has 2 N–H and O–H groups in total. The van der Waals surface area contributed by atoms with Gasteiger partial charge in [0.05, 0.1) is 0 Å². The zero-order valence-corrected chi connectivity index (χ0v) is 12.4. The molecular formula is C14H19BrN2O. The highest BCUT2D eigenvalue weighted by Gasteiger charge is 2.28. The average molecular weight is 311 g/mol. The number of nitrogens with two attached hydrogens (primary N) is 1. The number of rotatable bonds is 1. The van der Waals surface area contributed by atoms with Gasteiger partial charge in [-0.25, -0.2) is 0 Å². The number of hydrogen-bond donors (Lipinski definition) is 1. The van der Waals surface area contributed by atoms with Crippen molar-refractivity contribution in [3.8, 4) is 0 Å². The molecule has 1 aromatic carbocycles. The van der Waals surface area contributed by atoms with Crippen molar-refractivity contribution in [3.05, 3.63) is 33.8 Å². The van der Waals surface area contributed by atoms with E-state index in [1.165, 1.54) is 0 Å². The van der Waals surface area contributed by atoms with Gasteiger partial charge in [-0.2, -0.15) is 0 Å². The van der Waals surface area contributed by atoms with E-state index in [9.17, 15) is 4.79 Å². The smallest absolute Gasteiger partial charge is 0.254 e. The molecule has 4 heteroatoms. The number of hydrogen-bond acceptors (Lipinski definition) is 2. The van der Waals surface area contributed by atoms with Crippen LogP contribution in [0.1, 0.15) is 35.7 Å². The molecule has 3 nitrogen and oxygen atoms in total. The number of nitrogens with zero attached hydrogens (tertiary/aromatic N) is 1. The van der Waals surface area contributed by atoms with Gasteiger partial charge in [0.2, 0.25) is 0 Å². The van der Waals surface area contributed by atoms with Gasteiger partial charge in [-0.15, -0.1) is 0 Å². The van der Waals surface area contributed by atoms with Crippen molar-refractivity contribution in [1.82, 2.24) is 4.90 Å². The van der Waals surface area contributed by atoms with E-state index in [0.29, 0.717) is 0 Å². The van der Waals surface area contributed by atoms with Gasteiger partial charge < -0.3 is 10.6 Å². The van der Waals surface area contributed by atoms with Gasteiger partial charge in [0, 0.05) is 28.7 Å². The third-order valence-electron chi connectivity index (χ3n) is 3.68. The van der Waals surface area contributed by atoms with E-state index in [2.05, 4.69) is 22.9 Å². The number of carbonyl (C=O) groups is 1. The number of carbonyl (C=O) groups excluding carboxylic acids is 1. The second-order valence-electron chi connectivity index (χ2n) is 5.04. The number of likely N-dealkylation sites (tertiary alicyclic amines) is 1. The molecule has 0 bridgehead atoms. The first-order valence-electron chi connectivity index (χ1n) is 6.32. The average Bonchev–Trinajstić information content (AvgIpc) is 2.32. The van der Waals surface area contributed by atoms with E-state index in [0.717, 1.165) is 35.0 Å². The van der Waals surface area contributed by atoms with E-state index < -0.39 is 0 Å². The first-order valence-corrected chi connectivity index (χ1v) is 7.11. The zero-order valence-electron chi connectivity index (χ0n) is 10.8. The Balaban J connectivity index is 2.23. The van der Waals surface area contributed by atoms with Crippen molar-refractivity contribution in [2.75, 3.05) is 6.54 Å². The van der Waals surface area contributed by atoms with E-state index in [1.54, 1.807) is 0 Å². The van der Waals surface area contributed by atoms with E-state index in [4.69, 9.17) is 5.73 Å². The lowest BCUT2D eigenvalue weighted by atomic mass is 9.97. The Hall–Kier alpha value is -0.870. The van der Waals surface area contributed by atoms with Crippen LogP contribution in [0.15, 0.2) is 22.7 Å². The van der Waals surface area contributed by atoms with Crippen molar-refractivity contribution in [1.29, 1.82) is 0 Å². The monoisotopic (exact) mass is 310 g/mol. The number of amides is 1. The standard InChI is InChI=1S/C14H19BrN2O/c1-9-8-11(16)6-7-17(9)14(18)12-4-3-5-13(15)10(12)2/h3-5,9,11H,6-8,16H2,1-2H3/t9-,11-/m0/s1. The maximum atomic E-state index is 12.6. The van der Waals surface area contributed by atoms with Crippen LogP contribution in [0.5, 0.6) is 0 Å². The first kappa shape index (κ1) is 13.6. The summed E-state index contributed by atoms with van der Waals surface area (Å²) in [5.74, 6) is 0.119. The van der Waals surface area contributed by atoms with Gasteiger partial charge in [-0.1, -0.05) is 22.0 Å². The van der Waals surface area contributed by atoms with Crippen molar-refractivity contribution in [2.45, 2.75) is 38.8 Å². The molecule has 0 aromatic heterocycles. The Bertz CT molecular complexity index is 461. The fourth-order valence-corrected chi connectivity index (χ4v) is 2.87. The van der Waals surface area contributed by atoms with E-state index in [-0.39, 0.29) is 18.0 Å². The molecule has 0 saturated carbocycles. The molecule has 2 atom stereocenters. The van der Waals surface area contributed by atoms with Crippen molar-refractivity contribution >= 4 is 21.8 Å². The summed E-state index contributed by atoms with van der Waals surface area (Å²) in [6.07, 6.45) is 1.78. The second kappa shape index (κ2) is 5.41. The van der Waals surface area contributed by atoms with E-state index in [1.807, 2.05) is 30.0 Å². The molecule has 18 heavy (non-hydrogen) atoms. The summed E-state index contributed by atoms with van der Waals surface area (Å²) >= 11 is 3.47. The normalized spacial score (nSPS) is 24.1. The Morgan fingerprint density at radius 2 is 2.22 bits per heavy atom. The predicted molar refractivity (Wildman–Crippen MR) is 76.6 cm³/mol. The van der Waals surface area contributed by atoms with Crippen LogP contribution in [-0.2, 0) is 0 Å². The summed E-state index contributed by atoms with van der Waals surface area (Å²) in [4.78, 5) is 14.5. The Labute approximate surface area is 116 Å². The number of benzene rings is 1. The summed E-state index contributed by atoms with van der Waals surface area (Å²) in [7, 11) is 0. The molecule has 1 saturated heterocycles. The lowest BCUT2D eigenvalue weighted by molar-refractivity contribution is 0.0618. The predicted octanol–water partition coefficient (Wildman–Crippen LogP) is 2.71. The van der Waals surface area contributed by atoms with Gasteiger partial charge in [0.15, 0.2) is 0 Å². The van der Waals surface area contributed by atoms with Gasteiger partial charge >= 0.3 is 0 Å². The lowest BCUT2D eigenvalue weighted by Crippen LogP contribution is -2.48. The molecule has 0 aliphatic carbocycles. The minimum atomic E-state index is 0.119. The third kappa shape index (κ3) is 2.59. The molecule has 1 aliphatic heterocycles. The van der Waals surface area contributed by atoms with Crippen LogP contribution in [0.25, 0.3) is 0 Å². The summed E-state index contributed by atoms with van der Waals surface area (Å²) < 4.78 is 0.981. The Morgan fingerprint density at radius 3 is 2.89 bits per heavy atom. The minimum absolute atomic E-state index is 0.119. The fraction of sp³-hybridized carbons (Fsp3) is 0.500. The molecule has 1 heterocycles. The molecule has 0 spiro atoms. The SMILES string of the molecule is Cc1c(Br)cccc1C(=O)N1CC[C@H](N)C[C@@H]1C. The summed E-state index contributed by atoms with van der Waals surface area (Å²) in [5, 5.41) is 0. The summed E-state index contributed by atoms with van der Waals surface area (Å²) in [6.45, 7) is 4.80. The maximum Gasteiger partial charge on any atom is 0.254 e. The molecule has 1 aromatic rings. The highest BCUT2D eigenvalue weighted by Crippen LogP contribution is 2.24. The lowest BCUT2D eigenvalue weighted by Gasteiger charge is -2.36. The highest BCUT2D eigenvalue weighted by molar-refractivity contribution is 9.10. The number of halogens is 1. The molecule has 0 unspecified atom stereocenters. The molecule has 98 valence electrons. The minimum Gasteiger partial charge on any atom is -0.336 e. The van der Waals surface area contributed by atoms with Gasteiger partial charge in [0.25, 0.3) is 5.91 Å². The molecule has 0 radical (unpaired) electrons. The topological polar surface area (TPSA) is 46.3 Å². The number of piperidine rings is 1. The molecule has 1 aliphatic rings. The molecular weight excluding hydrogens is 292 g/mol. The van der Waals surface area contributed by atoms with Crippen LogP contribution < -0.4 is 5.73 Å². The van der Waals surface area contributed by atoms with Crippen molar-refractivity contribution in [3.63, 3.8) is 0 Å². The van der Waals surface area contributed by atoms with Crippen LogP contribution in [0.3, 0.4) is 0 Å². The van der Waals surface area contributed by atoms with Crippen LogP contribution in [-0.4, -0.2) is 29.4 Å². The summed E-state index contributed by atoms with van der Waals surface area (Å²) in [5.41, 5.74) is 7.72. The van der Waals surface area contributed by atoms with Gasteiger partial charge in [-0.05, 0) is 44.4 Å². The third-order valence-corrected chi connectivity index (χ3v) is 4.53. The van der Waals surface area contributed by atoms with Crippen LogP contribution in [0.4, 0.5) is 0 Å². The second-order valence-corrected chi connectivity index (χ2v) is 5.90. The highest BCUT2D eigenvalue weighted by atomic mass is 79.9. The Morgan fingerprint density at radius 1 is 1.50 bits per heavy atom. The van der Waals surface area contributed by atoms with Crippen molar-refractivity contribution in [2.24, 2.45) is 5.73 Å². The van der Waals surface area contributed by atoms with Crippen molar-refractivity contribution < 1.29 is 4.79 Å². The van der Waals surface area contributed by atoms with Crippen LogP contribution in [0, 0.1) is 6.92 Å². The first-order chi connectivity index (χ1) is 8.50. The molecule has 2 rings (SSSR count). The largest absolute Gasteiger partial charge is 0.336 e. The molecule has 1 amide bonds. The fourth-order valence-electron chi connectivity index (χ4n) is 2.50. The van der Waals surface area contributed by atoms with Crippen LogP contribution in [0.2, 0.25) is 0 Å². The quantitative estimate of drug-likeness (QED) is 0.867. The molecule has 1 fully saturated rings. The van der Waals surface area contributed by atoms with Gasteiger partial charge in [-0.3, -0.25) is 4.79 Å². The van der Waals surface area contributed by atoms with Crippen LogP contribution >= 0.6 is 15.9 Å². The van der Waals surface area contributed by atoms with E-state index >= 15 is 0 Å². The van der Waals surface area contributed by atoms with Gasteiger partial charge in [0.1, 0.15) is 0 Å². The zero-order chi connectivity index (χ0) is 13.3. The summed E-state index contributed by atoms with van der Waals surface area (Å²) in [6, 6.07) is 6.21.